The number of hydrogen-bond donors (Lipinski definition) is 1. The van der Waals surface area contributed by atoms with Crippen molar-refractivity contribution < 1.29 is 4.79 Å². The number of fused-ring (bicyclic) bond motifs is 1. The van der Waals surface area contributed by atoms with E-state index in [0.717, 1.165) is 21.3 Å². The molecule has 1 aromatic carbocycles. The van der Waals surface area contributed by atoms with Gasteiger partial charge in [-0.25, -0.2) is 0 Å². The van der Waals surface area contributed by atoms with Crippen molar-refractivity contribution in [1.82, 2.24) is 9.55 Å². The van der Waals surface area contributed by atoms with E-state index in [2.05, 4.69) is 27.9 Å². The molecule has 5 heteroatoms. The normalized spacial score (nSPS) is 16.0. The molecule has 1 aliphatic carbocycles. The first-order valence-electron chi connectivity index (χ1n) is 8.07. The number of carbonyl (C=O) groups is 1. The van der Waals surface area contributed by atoms with Crippen molar-refractivity contribution in [3.63, 3.8) is 0 Å². The summed E-state index contributed by atoms with van der Waals surface area (Å²) >= 11 is 1.57. The van der Waals surface area contributed by atoms with Crippen LogP contribution >= 0.6 is 11.3 Å². The highest BCUT2D eigenvalue weighted by Gasteiger charge is 2.20. The van der Waals surface area contributed by atoms with Crippen LogP contribution in [0.15, 0.2) is 36.1 Å². The Balaban J connectivity index is 1.89. The summed E-state index contributed by atoms with van der Waals surface area (Å²) in [7, 11) is 0. The van der Waals surface area contributed by atoms with Crippen LogP contribution in [0.2, 0.25) is 0 Å². The van der Waals surface area contributed by atoms with Gasteiger partial charge in [-0.15, -0.1) is 11.3 Å². The van der Waals surface area contributed by atoms with Crippen molar-refractivity contribution in [3.05, 3.63) is 41.7 Å². The third kappa shape index (κ3) is 2.55. The Labute approximate surface area is 138 Å². The maximum Gasteiger partial charge on any atom is 0.250 e. The maximum atomic E-state index is 12.1. The van der Waals surface area contributed by atoms with E-state index in [1.165, 1.54) is 32.1 Å². The fourth-order valence-electron chi connectivity index (χ4n) is 3.66. The average molecular weight is 325 g/mol. The molecule has 0 saturated heterocycles. The first-order chi connectivity index (χ1) is 11.2. The quantitative estimate of drug-likeness (QED) is 0.777. The minimum absolute atomic E-state index is 0.364. The summed E-state index contributed by atoms with van der Waals surface area (Å²) in [5, 5.41) is 1.08. The number of carbonyl (C=O) groups excluding carboxylic acids is 1. The van der Waals surface area contributed by atoms with Crippen molar-refractivity contribution in [2.24, 2.45) is 5.73 Å². The Morgan fingerprint density at radius 1 is 1.26 bits per heavy atom. The van der Waals surface area contributed by atoms with E-state index in [9.17, 15) is 4.79 Å². The number of nitrogens with two attached hydrogens (primary N) is 1. The molecular formula is C18H19N3OS. The summed E-state index contributed by atoms with van der Waals surface area (Å²) in [5.74, 6) is -0.364. The molecule has 1 saturated carbocycles. The largest absolute Gasteiger partial charge is 0.366 e. The molecule has 1 amide bonds. The number of amides is 1. The predicted molar refractivity (Wildman–Crippen MR) is 93.7 cm³/mol. The Hall–Kier alpha value is -2.14. The topological polar surface area (TPSA) is 60.9 Å². The van der Waals surface area contributed by atoms with Crippen LogP contribution in [0, 0.1) is 0 Å². The van der Waals surface area contributed by atoms with Gasteiger partial charge in [-0.05, 0) is 36.6 Å². The van der Waals surface area contributed by atoms with E-state index >= 15 is 0 Å². The third-order valence-electron chi connectivity index (χ3n) is 4.76. The molecule has 2 N–H and O–H groups in total. The lowest BCUT2D eigenvalue weighted by Gasteiger charge is -2.25. The monoisotopic (exact) mass is 325 g/mol. The summed E-state index contributed by atoms with van der Waals surface area (Å²) in [5.41, 5.74) is 10.1. The van der Waals surface area contributed by atoms with Crippen LogP contribution in [-0.2, 0) is 0 Å². The van der Waals surface area contributed by atoms with Gasteiger partial charge in [0.05, 0.1) is 21.5 Å². The lowest BCUT2D eigenvalue weighted by Crippen LogP contribution is -2.16. The van der Waals surface area contributed by atoms with Gasteiger partial charge in [0.2, 0.25) is 0 Å². The molecule has 4 nitrogen and oxygen atoms in total. The number of rotatable bonds is 3. The highest BCUT2D eigenvalue weighted by Crippen LogP contribution is 2.35. The highest BCUT2D eigenvalue weighted by atomic mass is 32.1. The van der Waals surface area contributed by atoms with Gasteiger partial charge in [0.25, 0.3) is 5.91 Å². The van der Waals surface area contributed by atoms with Gasteiger partial charge in [0.1, 0.15) is 0 Å². The molecule has 2 heterocycles. The summed E-state index contributed by atoms with van der Waals surface area (Å²) in [6, 6.07) is 6.63. The van der Waals surface area contributed by atoms with Crippen molar-refractivity contribution in [2.45, 2.75) is 38.1 Å². The van der Waals surface area contributed by atoms with Crippen LogP contribution in [0.3, 0.4) is 0 Å². The molecule has 0 spiro atoms. The van der Waals surface area contributed by atoms with E-state index in [1.807, 2.05) is 12.3 Å². The first-order valence-corrected chi connectivity index (χ1v) is 8.95. The van der Waals surface area contributed by atoms with Gasteiger partial charge in [-0.1, -0.05) is 19.3 Å². The van der Waals surface area contributed by atoms with Crippen LogP contribution in [-0.4, -0.2) is 15.5 Å². The number of thiazole rings is 1. The van der Waals surface area contributed by atoms with Gasteiger partial charge in [0.15, 0.2) is 0 Å². The van der Waals surface area contributed by atoms with Gasteiger partial charge < -0.3 is 10.3 Å². The molecule has 2 aromatic heterocycles. The van der Waals surface area contributed by atoms with Crippen molar-refractivity contribution in [1.29, 1.82) is 0 Å². The van der Waals surface area contributed by atoms with E-state index in [4.69, 9.17) is 5.73 Å². The van der Waals surface area contributed by atoms with Crippen molar-refractivity contribution >= 4 is 28.1 Å². The molecule has 0 unspecified atom stereocenters. The molecule has 0 atom stereocenters. The van der Waals surface area contributed by atoms with Gasteiger partial charge in [-0.2, -0.15) is 0 Å². The van der Waals surface area contributed by atoms with Crippen LogP contribution in [0.25, 0.3) is 21.3 Å². The summed E-state index contributed by atoms with van der Waals surface area (Å²) in [6.07, 6.45) is 10.1. The van der Waals surface area contributed by atoms with Crippen molar-refractivity contribution in [3.8, 4) is 10.4 Å². The molecular weight excluding hydrogens is 306 g/mol. The summed E-state index contributed by atoms with van der Waals surface area (Å²) in [6.45, 7) is 0. The fraction of sp³-hybridized carbons (Fsp3) is 0.333. The van der Waals surface area contributed by atoms with Gasteiger partial charge in [0, 0.05) is 23.8 Å². The molecule has 0 aliphatic heterocycles. The van der Waals surface area contributed by atoms with E-state index < -0.39 is 0 Å². The second-order valence-electron chi connectivity index (χ2n) is 6.21. The molecule has 0 bridgehead atoms. The lowest BCUT2D eigenvalue weighted by atomic mass is 9.95. The number of nitrogens with zero attached hydrogens (tertiary/aromatic N) is 2. The van der Waals surface area contributed by atoms with Crippen molar-refractivity contribution in [2.75, 3.05) is 0 Å². The maximum absolute atomic E-state index is 12.1. The highest BCUT2D eigenvalue weighted by molar-refractivity contribution is 7.13. The summed E-state index contributed by atoms with van der Waals surface area (Å²) < 4.78 is 2.27. The number of benzene rings is 1. The predicted octanol–water partition coefficient (Wildman–Crippen LogP) is 4.37. The first kappa shape index (κ1) is 14.5. The smallest absolute Gasteiger partial charge is 0.250 e. The Morgan fingerprint density at radius 2 is 2.09 bits per heavy atom. The van der Waals surface area contributed by atoms with Crippen LogP contribution in [0.5, 0.6) is 0 Å². The molecule has 3 aromatic rings. The fourth-order valence-corrected chi connectivity index (χ4v) is 4.27. The molecule has 1 fully saturated rings. The zero-order chi connectivity index (χ0) is 15.8. The van der Waals surface area contributed by atoms with Gasteiger partial charge >= 0.3 is 0 Å². The summed E-state index contributed by atoms with van der Waals surface area (Å²) in [4.78, 5) is 17.3. The Morgan fingerprint density at radius 3 is 2.78 bits per heavy atom. The molecule has 23 heavy (non-hydrogen) atoms. The molecule has 118 valence electrons. The van der Waals surface area contributed by atoms with Crippen LogP contribution in [0.4, 0.5) is 0 Å². The average Bonchev–Trinajstić information content (AvgIpc) is 3.24. The van der Waals surface area contributed by atoms with Crippen LogP contribution in [0.1, 0.15) is 48.5 Å². The second kappa shape index (κ2) is 5.81. The van der Waals surface area contributed by atoms with Crippen LogP contribution < -0.4 is 5.73 Å². The number of hydrogen-bond acceptors (Lipinski definition) is 3. The van der Waals surface area contributed by atoms with E-state index in [-0.39, 0.29) is 5.91 Å². The Kier molecular flexibility index (Phi) is 3.65. The second-order valence-corrected chi connectivity index (χ2v) is 7.09. The molecule has 4 rings (SSSR count). The van der Waals surface area contributed by atoms with E-state index in [1.54, 1.807) is 16.8 Å². The SMILES string of the molecule is NC(=O)c1cc(-c2cncs2)cc2ccn(C3CCCCC3)c12. The Bertz CT molecular complexity index is 845. The van der Waals surface area contributed by atoms with Gasteiger partial charge in [-0.3, -0.25) is 9.78 Å². The molecule has 0 radical (unpaired) electrons. The standard InChI is InChI=1S/C18H19N3OS/c19-18(22)15-9-13(16-10-20-11-23-16)8-12-6-7-21(17(12)15)14-4-2-1-3-5-14/h6-11,14H,1-5H2,(H2,19,22). The zero-order valence-electron chi connectivity index (χ0n) is 12.9. The molecule has 1 aliphatic rings. The zero-order valence-corrected chi connectivity index (χ0v) is 13.7. The third-order valence-corrected chi connectivity index (χ3v) is 5.58. The lowest BCUT2D eigenvalue weighted by molar-refractivity contribution is 0.100. The minimum Gasteiger partial charge on any atom is -0.366 e. The minimum atomic E-state index is -0.364. The number of primary amides is 1. The number of aromatic nitrogens is 2. The van der Waals surface area contributed by atoms with E-state index in [0.29, 0.717) is 11.6 Å².